The van der Waals surface area contributed by atoms with Crippen molar-refractivity contribution in [3.8, 4) is 28.7 Å². The van der Waals surface area contributed by atoms with E-state index in [2.05, 4.69) is 73.9 Å². The number of anilines is 1. The summed E-state index contributed by atoms with van der Waals surface area (Å²) in [4.78, 5) is 12.8. The Morgan fingerprint density at radius 1 is 0.725 bits per heavy atom. The van der Waals surface area contributed by atoms with Gasteiger partial charge in [-0.1, -0.05) is 18.2 Å². The minimum Gasteiger partial charge on any atom is -0.493 e. The van der Waals surface area contributed by atoms with Gasteiger partial charge >= 0.3 is 0 Å². The predicted molar refractivity (Wildman–Crippen MR) is 201 cm³/mol. The second-order valence-corrected chi connectivity index (χ2v) is 13.5. The number of aromatic nitrogens is 2. The molecule has 0 bridgehead atoms. The molecule has 1 unspecified atom stereocenters. The first-order valence-corrected chi connectivity index (χ1v) is 18.2. The highest BCUT2D eigenvalue weighted by Crippen LogP contribution is 2.43. The summed E-state index contributed by atoms with van der Waals surface area (Å²) in [5.41, 5.74) is 4.60. The molecule has 2 aliphatic heterocycles. The lowest BCUT2D eigenvalue weighted by Crippen LogP contribution is -2.38. The van der Waals surface area contributed by atoms with E-state index in [0.717, 1.165) is 107 Å². The molecule has 1 aromatic heterocycles. The number of hydrogen-bond donors (Lipinski definition) is 0. The normalized spacial score (nSPS) is 18.6. The van der Waals surface area contributed by atoms with Crippen molar-refractivity contribution in [3.05, 3.63) is 65.7 Å². The van der Waals surface area contributed by atoms with Crippen molar-refractivity contribution in [1.29, 1.82) is 0 Å². The molecule has 2 aliphatic rings. The Morgan fingerprint density at radius 2 is 1.49 bits per heavy atom. The van der Waals surface area contributed by atoms with Crippen molar-refractivity contribution in [2.45, 2.75) is 44.7 Å². The highest BCUT2D eigenvalue weighted by atomic mass is 16.5. The molecule has 4 aromatic rings. The SMILES string of the molecule is CCOCCn1c(N2CCCN(CCC3(c4ccc(OC)c(OC)c4)CCN(Cc4cc(OC)c(OC)c(OC)c4)C3)CC2)nc2ccccc21. The van der Waals surface area contributed by atoms with Crippen molar-refractivity contribution in [2.24, 2.45) is 0 Å². The highest BCUT2D eigenvalue weighted by molar-refractivity contribution is 5.78. The third-order valence-corrected chi connectivity index (χ3v) is 10.6. The van der Waals surface area contributed by atoms with Gasteiger partial charge in [-0.05, 0) is 93.3 Å². The largest absolute Gasteiger partial charge is 0.493 e. The molecular weight excluding hydrogens is 646 g/mol. The Hall–Kier alpha value is -4.19. The number of benzene rings is 3. The van der Waals surface area contributed by atoms with Gasteiger partial charge in [0.15, 0.2) is 23.0 Å². The summed E-state index contributed by atoms with van der Waals surface area (Å²) in [5, 5.41) is 0. The zero-order valence-electron chi connectivity index (χ0n) is 31.3. The molecule has 11 nitrogen and oxygen atoms in total. The monoisotopic (exact) mass is 701 g/mol. The van der Waals surface area contributed by atoms with Gasteiger partial charge in [-0.2, -0.15) is 0 Å². The van der Waals surface area contributed by atoms with Gasteiger partial charge in [-0.3, -0.25) is 4.90 Å². The van der Waals surface area contributed by atoms with Gasteiger partial charge in [-0.25, -0.2) is 4.98 Å². The van der Waals surface area contributed by atoms with E-state index in [0.29, 0.717) is 30.5 Å². The molecular formula is C40H55N5O6. The molecule has 0 spiro atoms. The Labute approximate surface area is 302 Å². The van der Waals surface area contributed by atoms with Crippen LogP contribution < -0.4 is 28.6 Å². The number of imidazole rings is 1. The van der Waals surface area contributed by atoms with Crippen LogP contribution in [-0.2, 0) is 23.2 Å². The first-order valence-electron chi connectivity index (χ1n) is 18.2. The summed E-state index contributed by atoms with van der Waals surface area (Å²) in [5.74, 6) is 4.55. The fourth-order valence-corrected chi connectivity index (χ4v) is 7.92. The number of fused-ring (bicyclic) bond motifs is 1. The average Bonchev–Trinajstić information content (AvgIpc) is 3.66. The summed E-state index contributed by atoms with van der Waals surface area (Å²) >= 11 is 0. The highest BCUT2D eigenvalue weighted by Gasteiger charge is 2.40. The quantitative estimate of drug-likeness (QED) is 0.133. The fourth-order valence-electron chi connectivity index (χ4n) is 7.92. The standard InChI is InChI=1S/C40H55N5O6/c1-7-51-24-23-45-33-12-9-8-11-32(33)41-39(45)44-18-10-17-42(21-22-44)19-15-40(31-13-14-34(46-2)35(27-31)47-3)16-20-43(29-40)28-30-25-36(48-4)38(50-6)37(26-30)49-5/h8-9,11-14,25-27H,7,10,15-24,28-29H2,1-6H3. The van der Waals surface area contributed by atoms with Crippen LogP contribution in [0.2, 0.25) is 0 Å². The summed E-state index contributed by atoms with van der Waals surface area (Å²) in [6, 6.07) is 19.1. The molecule has 0 aliphatic carbocycles. The second-order valence-electron chi connectivity index (χ2n) is 13.5. The number of methoxy groups -OCH3 is 5. The third kappa shape index (κ3) is 8.00. The summed E-state index contributed by atoms with van der Waals surface area (Å²) < 4.78 is 36.4. The fraction of sp³-hybridized carbons (Fsp3) is 0.525. The van der Waals surface area contributed by atoms with Crippen LogP contribution in [0.25, 0.3) is 11.0 Å². The van der Waals surface area contributed by atoms with Gasteiger partial charge in [0, 0.05) is 51.3 Å². The maximum Gasteiger partial charge on any atom is 0.206 e. The van der Waals surface area contributed by atoms with Crippen LogP contribution in [0.4, 0.5) is 5.95 Å². The van der Waals surface area contributed by atoms with E-state index in [1.807, 2.05) is 6.92 Å². The number of likely N-dealkylation sites (tertiary alicyclic amines) is 1. The molecule has 0 amide bonds. The van der Waals surface area contributed by atoms with E-state index in [9.17, 15) is 0 Å². The van der Waals surface area contributed by atoms with Crippen LogP contribution in [0, 0.1) is 0 Å². The van der Waals surface area contributed by atoms with E-state index in [1.165, 1.54) is 11.1 Å². The predicted octanol–water partition coefficient (Wildman–Crippen LogP) is 5.86. The van der Waals surface area contributed by atoms with Gasteiger partial charge in [0.2, 0.25) is 11.7 Å². The van der Waals surface area contributed by atoms with Crippen molar-refractivity contribution in [1.82, 2.24) is 19.4 Å². The zero-order chi connectivity index (χ0) is 35.8. The molecule has 0 saturated carbocycles. The van der Waals surface area contributed by atoms with E-state index in [-0.39, 0.29) is 5.41 Å². The van der Waals surface area contributed by atoms with Crippen molar-refractivity contribution >= 4 is 17.0 Å². The third-order valence-electron chi connectivity index (χ3n) is 10.6. The molecule has 11 heteroatoms. The number of ether oxygens (including phenoxy) is 6. The average molecular weight is 702 g/mol. The Bertz CT molecular complexity index is 1720. The summed E-state index contributed by atoms with van der Waals surface area (Å²) in [6.07, 6.45) is 3.18. The van der Waals surface area contributed by atoms with Crippen molar-refractivity contribution in [3.63, 3.8) is 0 Å². The zero-order valence-corrected chi connectivity index (χ0v) is 31.3. The van der Waals surface area contributed by atoms with Gasteiger partial charge in [-0.15, -0.1) is 0 Å². The number of para-hydroxylation sites is 2. The summed E-state index contributed by atoms with van der Waals surface area (Å²) in [7, 11) is 8.38. The lowest BCUT2D eigenvalue weighted by atomic mass is 9.76. The van der Waals surface area contributed by atoms with Crippen LogP contribution in [-0.4, -0.2) is 114 Å². The minimum absolute atomic E-state index is 0.0422. The van der Waals surface area contributed by atoms with E-state index in [4.69, 9.17) is 33.4 Å². The molecule has 2 saturated heterocycles. The molecule has 1 atom stereocenters. The van der Waals surface area contributed by atoms with Crippen molar-refractivity contribution < 1.29 is 28.4 Å². The maximum absolute atomic E-state index is 5.79. The number of nitrogens with zero attached hydrogens (tertiary/aromatic N) is 5. The molecule has 3 aromatic carbocycles. The van der Waals surface area contributed by atoms with E-state index >= 15 is 0 Å². The van der Waals surface area contributed by atoms with E-state index in [1.54, 1.807) is 35.5 Å². The maximum atomic E-state index is 5.79. The topological polar surface area (TPSA) is 82.9 Å². The Balaban J connectivity index is 1.19. The molecule has 6 rings (SSSR count). The first kappa shape index (κ1) is 36.6. The van der Waals surface area contributed by atoms with Crippen LogP contribution in [0.5, 0.6) is 28.7 Å². The minimum atomic E-state index is -0.0422. The molecule has 3 heterocycles. The lowest BCUT2D eigenvalue weighted by Gasteiger charge is -2.33. The molecule has 0 radical (unpaired) electrons. The van der Waals surface area contributed by atoms with Crippen LogP contribution in [0.1, 0.15) is 37.3 Å². The molecule has 0 N–H and O–H groups in total. The first-order chi connectivity index (χ1) is 24.9. The van der Waals surface area contributed by atoms with Gasteiger partial charge < -0.3 is 42.8 Å². The summed E-state index contributed by atoms with van der Waals surface area (Å²) in [6.45, 7) is 11.9. The van der Waals surface area contributed by atoms with Crippen LogP contribution >= 0.6 is 0 Å². The molecule has 51 heavy (non-hydrogen) atoms. The Morgan fingerprint density at radius 3 is 2.22 bits per heavy atom. The smallest absolute Gasteiger partial charge is 0.206 e. The van der Waals surface area contributed by atoms with Crippen LogP contribution in [0.3, 0.4) is 0 Å². The van der Waals surface area contributed by atoms with Crippen molar-refractivity contribution in [2.75, 3.05) is 99.5 Å². The number of hydrogen-bond acceptors (Lipinski definition) is 10. The van der Waals surface area contributed by atoms with Crippen LogP contribution in [0.15, 0.2) is 54.6 Å². The second kappa shape index (κ2) is 16.9. The van der Waals surface area contributed by atoms with E-state index < -0.39 is 0 Å². The van der Waals surface area contributed by atoms with Gasteiger partial charge in [0.1, 0.15) is 0 Å². The van der Waals surface area contributed by atoms with Gasteiger partial charge in [0.25, 0.3) is 0 Å². The van der Waals surface area contributed by atoms with Gasteiger partial charge in [0.05, 0.1) is 53.2 Å². The lowest BCUT2D eigenvalue weighted by molar-refractivity contribution is 0.140. The molecule has 276 valence electrons. The Kier molecular flexibility index (Phi) is 12.1. The molecule has 2 fully saturated rings. The number of rotatable bonds is 16.